The Hall–Kier alpha value is -2.83. The van der Waals surface area contributed by atoms with Crippen molar-refractivity contribution in [1.29, 1.82) is 0 Å². The summed E-state index contributed by atoms with van der Waals surface area (Å²) in [7, 11) is 0. The molecule has 0 saturated carbocycles. The first kappa shape index (κ1) is 13.8. The predicted octanol–water partition coefficient (Wildman–Crippen LogP) is 2.19. The van der Waals surface area contributed by atoms with Crippen molar-refractivity contribution in [1.82, 2.24) is 9.88 Å². The van der Waals surface area contributed by atoms with Gasteiger partial charge in [0.15, 0.2) is 11.6 Å². The number of carbonyl (C=O) groups excluding carboxylic acids is 1. The lowest BCUT2D eigenvalue weighted by Crippen LogP contribution is -2.50. The molecule has 0 bridgehead atoms. The van der Waals surface area contributed by atoms with E-state index in [-0.39, 0.29) is 12.5 Å². The third-order valence-electron chi connectivity index (χ3n) is 3.90. The number of benzene rings is 1. The Morgan fingerprint density at radius 3 is 2.87 bits per heavy atom. The first-order valence-corrected chi connectivity index (χ1v) is 7.18. The van der Waals surface area contributed by atoms with Gasteiger partial charge in [0.05, 0.1) is 18.7 Å². The highest BCUT2D eigenvalue weighted by molar-refractivity contribution is 6.18. The lowest BCUT2D eigenvalue weighted by Gasteiger charge is -2.34. The van der Waals surface area contributed by atoms with E-state index in [1.165, 1.54) is 6.07 Å². The molecular formula is C16H12F2N4O. The van der Waals surface area contributed by atoms with E-state index in [1.54, 1.807) is 28.1 Å². The van der Waals surface area contributed by atoms with Crippen molar-refractivity contribution in [3.63, 3.8) is 0 Å². The molecule has 3 heterocycles. The highest BCUT2D eigenvalue weighted by Gasteiger charge is 2.37. The number of fused-ring (bicyclic) bond motifs is 2. The van der Waals surface area contributed by atoms with Gasteiger partial charge in [0.2, 0.25) is 5.96 Å². The number of hydrogen-bond acceptors (Lipinski definition) is 4. The predicted molar refractivity (Wildman–Crippen MR) is 80.1 cm³/mol. The van der Waals surface area contributed by atoms with Crippen LogP contribution in [0.25, 0.3) is 0 Å². The van der Waals surface area contributed by atoms with Crippen LogP contribution in [0, 0.1) is 11.6 Å². The summed E-state index contributed by atoms with van der Waals surface area (Å²) in [5.41, 5.74) is 1.06. The lowest BCUT2D eigenvalue weighted by molar-refractivity contribution is 0.0851. The smallest absolute Gasteiger partial charge is 0.264 e. The molecule has 0 N–H and O–H groups in total. The van der Waals surface area contributed by atoms with Crippen molar-refractivity contribution >= 4 is 17.7 Å². The number of aliphatic imine (C=N–C) groups is 1. The standard InChI is InChI=1S/C16H12F2N4O/c17-12-4-3-10(8-13(12)18)9-22-14-11(2-1-5-19-14)15(23)21-7-6-20-16(21)22/h1-5,8H,6-7,9H2. The van der Waals surface area contributed by atoms with Crippen LogP contribution in [0.2, 0.25) is 0 Å². The molecule has 0 fully saturated rings. The van der Waals surface area contributed by atoms with E-state index in [0.29, 0.717) is 36.0 Å². The number of anilines is 1. The molecule has 5 nitrogen and oxygen atoms in total. The summed E-state index contributed by atoms with van der Waals surface area (Å²) in [5, 5.41) is 0. The van der Waals surface area contributed by atoms with Crippen molar-refractivity contribution < 1.29 is 13.6 Å². The van der Waals surface area contributed by atoms with Gasteiger partial charge in [-0.1, -0.05) is 6.07 Å². The van der Waals surface area contributed by atoms with E-state index in [1.807, 2.05) is 0 Å². The van der Waals surface area contributed by atoms with Crippen LogP contribution in [0.1, 0.15) is 15.9 Å². The fourth-order valence-corrected chi connectivity index (χ4v) is 2.84. The normalized spacial score (nSPS) is 16.3. The number of amides is 1. The fourth-order valence-electron chi connectivity index (χ4n) is 2.84. The van der Waals surface area contributed by atoms with Crippen LogP contribution in [0.4, 0.5) is 14.6 Å². The van der Waals surface area contributed by atoms with Gasteiger partial charge in [0.25, 0.3) is 5.91 Å². The second-order valence-electron chi connectivity index (χ2n) is 5.35. The molecule has 0 atom stereocenters. The second-order valence-corrected chi connectivity index (χ2v) is 5.35. The Labute approximate surface area is 130 Å². The minimum atomic E-state index is -0.901. The molecule has 0 spiro atoms. The van der Waals surface area contributed by atoms with Gasteiger partial charge in [-0.05, 0) is 29.8 Å². The topological polar surface area (TPSA) is 48.8 Å². The number of aromatic nitrogens is 1. The largest absolute Gasteiger partial charge is 0.291 e. The zero-order valence-corrected chi connectivity index (χ0v) is 12.0. The zero-order valence-electron chi connectivity index (χ0n) is 12.0. The fraction of sp³-hybridized carbons (Fsp3) is 0.188. The molecule has 4 rings (SSSR count). The molecule has 7 heteroatoms. The number of rotatable bonds is 2. The van der Waals surface area contributed by atoms with Crippen LogP contribution in [-0.2, 0) is 6.54 Å². The molecular weight excluding hydrogens is 302 g/mol. The van der Waals surface area contributed by atoms with Crippen molar-refractivity contribution in [3.8, 4) is 0 Å². The van der Waals surface area contributed by atoms with Crippen LogP contribution in [0.5, 0.6) is 0 Å². The van der Waals surface area contributed by atoms with Gasteiger partial charge < -0.3 is 0 Å². The summed E-state index contributed by atoms with van der Waals surface area (Å²) in [4.78, 5) is 24.5. The first-order chi connectivity index (χ1) is 11.1. The molecule has 0 radical (unpaired) electrons. The van der Waals surface area contributed by atoms with Gasteiger partial charge in [0.1, 0.15) is 5.82 Å². The third-order valence-corrected chi connectivity index (χ3v) is 3.90. The Kier molecular flexibility index (Phi) is 3.07. The average Bonchev–Trinajstić information content (AvgIpc) is 3.04. The summed E-state index contributed by atoms with van der Waals surface area (Å²) in [6.45, 7) is 1.28. The highest BCUT2D eigenvalue weighted by Crippen LogP contribution is 2.29. The number of pyridine rings is 1. The average molecular weight is 314 g/mol. The Morgan fingerprint density at radius 2 is 2.04 bits per heavy atom. The molecule has 116 valence electrons. The molecule has 1 aromatic heterocycles. The van der Waals surface area contributed by atoms with E-state index in [4.69, 9.17) is 0 Å². The van der Waals surface area contributed by atoms with E-state index in [0.717, 1.165) is 12.1 Å². The highest BCUT2D eigenvalue weighted by atomic mass is 19.2. The number of nitrogens with zero attached hydrogens (tertiary/aromatic N) is 4. The van der Waals surface area contributed by atoms with Gasteiger partial charge in [-0.25, -0.2) is 13.8 Å². The maximum Gasteiger partial charge on any atom is 0.264 e. The SMILES string of the molecule is O=C1c2cccnc2N(Cc2ccc(F)c(F)c2)C2=NCCN12. The van der Waals surface area contributed by atoms with Crippen LogP contribution in [-0.4, -0.2) is 34.8 Å². The summed E-state index contributed by atoms with van der Waals surface area (Å²) >= 11 is 0. The van der Waals surface area contributed by atoms with E-state index in [9.17, 15) is 13.6 Å². The zero-order chi connectivity index (χ0) is 16.0. The summed E-state index contributed by atoms with van der Waals surface area (Å²) in [6.07, 6.45) is 1.59. The minimum Gasteiger partial charge on any atom is -0.291 e. The summed E-state index contributed by atoms with van der Waals surface area (Å²) < 4.78 is 26.6. The van der Waals surface area contributed by atoms with Crippen LogP contribution < -0.4 is 4.90 Å². The van der Waals surface area contributed by atoms with Crippen molar-refractivity contribution in [2.24, 2.45) is 4.99 Å². The molecule has 0 aliphatic carbocycles. The summed E-state index contributed by atoms with van der Waals surface area (Å²) in [6, 6.07) is 7.15. The molecule has 0 saturated heterocycles. The Balaban J connectivity index is 1.78. The van der Waals surface area contributed by atoms with Gasteiger partial charge in [-0.3, -0.25) is 19.6 Å². The van der Waals surface area contributed by atoms with Crippen molar-refractivity contribution in [3.05, 3.63) is 59.3 Å². The van der Waals surface area contributed by atoms with Crippen LogP contribution in [0.3, 0.4) is 0 Å². The molecule has 2 aliphatic rings. The number of halogens is 2. The van der Waals surface area contributed by atoms with Gasteiger partial charge in [-0.2, -0.15) is 0 Å². The Bertz CT molecular complexity index is 837. The van der Waals surface area contributed by atoms with Gasteiger partial charge in [-0.15, -0.1) is 0 Å². The maximum absolute atomic E-state index is 13.5. The third kappa shape index (κ3) is 2.16. The second kappa shape index (κ2) is 5.12. The van der Waals surface area contributed by atoms with Crippen LogP contribution >= 0.6 is 0 Å². The van der Waals surface area contributed by atoms with E-state index >= 15 is 0 Å². The van der Waals surface area contributed by atoms with Crippen molar-refractivity contribution in [2.75, 3.05) is 18.0 Å². The number of carbonyl (C=O) groups is 1. The summed E-state index contributed by atoms with van der Waals surface area (Å²) in [5.74, 6) is -0.932. The van der Waals surface area contributed by atoms with Gasteiger partial charge in [0, 0.05) is 12.7 Å². The number of guanidine groups is 1. The molecule has 2 aliphatic heterocycles. The van der Waals surface area contributed by atoms with E-state index in [2.05, 4.69) is 9.98 Å². The first-order valence-electron chi connectivity index (χ1n) is 7.18. The monoisotopic (exact) mass is 314 g/mol. The molecule has 0 unspecified atom stereocenters. The van der Waals surface area contributed by atoms with Gasteiger partial charge >= 0.3 is 0 Å². The maximum atomic E-state index is 13.5. The number of hydrogen-bond donors (Lipinski definition) is 0. The molecule has 1 aromatic carbocycles. The van der Waals surface area contributed by atoms with E-state index < -0.39 is 11.6 Å². The quantitative estimate of drug-likeness (QED) is 0.854. The van der Waals surface area contributed by atoms with Crippen molar-refractivity contribution in [2.45, 2.75) is 6.54 Å². The molecule has 23 heavy (non-hydrogen) atoms. The lowest BCUT2D eigenvalue weighted by atomic mass is 10.1. The molecule has 1 amide bonds. The Morgan fingerprint density at radius 1 is 1.17 bits per heavy atom. The minimum absolute atomic E-state index is 0.133. The van der Waals surface area contributed by atoms with Crippen LogP contribution in [0.15, 0.2) is 41.5 Å². The molecule has 2 aromatic rings.